The minimum atomic E-state index is -1.09. The van der Waals surface area contributed by atoms with Crippen molar-refractivity contribution in [3.63, 3.8) is 0 Å². The fourth-order valence-electron chi connectivity index (χ4n) is 2.02. The van der Waals surface area contributed by atoms with Gasteiger partial charge in [0.25, 0.3) is 0 Å². The number of fused-ring (bicyclic) bond motifs is 1. The number of hydrogen-bond acceptors (Lipinski definition) is 4. The van der Waals surface area contributed by atoms with E-state index < -0.39 is 17.9 Å². The Kier molecular flexibility index (Phi) is 3.71. The number of aromatic carboxylic acids is 1. The van der Waals surface area contributed by atoms with Crippen molar-refractivity contribution in [1.29, 1.82) is 0 Å². The molecule has 7 heteroatoms. The molecule has 1 aromatic carbocycles. The number of nitrogens with two attached hydrogens (primary N) is 1. The Bertz CT molecular complexity index is 602. The largest absolute Gasteiger partial charge is 0.478 e. The predicted molar refractivity (Wildman–Crippen MR) is 74.9 cm³/mol. The predicted octanol–water partition coefficient (Wildman–Crippen LogP) is 1.09. The van der Waals surface area contributed by atoms with Crippen LogP contribution in [0.5, 0.6) is 0 Å². The van der Waals surface area contributed by atoms with Gasteiger partial charge < -0.3 is 10.8 Å². The number of thioether (sulfide) groups is 1. The lowest BCUT2D eigenvalue weighted by Crippen LogP contribution is -2.50. The van der Waals surface area contributed by atoms with E-state index in [0.717, 1.165) is 4.90 Å². The van der Waals surface area contributed by atoms with E-state index in [2.05, 4.69) is 0 Å². The highest BCUT2D eigenvalue weighted by Gasteiger charge is 2.36. The molecule has 0 aliphatic carbocycles. The van der Waals surface area contributed by atoms with E-state index in [1.165, 1.54) is 35.7 Å². The van der Waals surface area contributed by atoms with Crippen LogP contribution >= 0.6 is 11.8 Å². The van der Waals surface area contributed by atoms with Crippen LogP contribution in [0.4, 0.5) is 5.69 Å². The Morgan fingerprint density at radius 2 is 2.10 bits per heavy atom. The molecule has 106 valence electrons. The normalized spacial score (nSPS) is 19.4. The minimum Gasteiger partial charge on any atom is -0.478 e. The lowest BCUT2D eigenvalue weighted by Gasteiger charge is -2.35. The SMILES string of the molecule is CC1Sc2ccc(C(=O)O)cc2N(C(C)C(N)=O)C1=O. The van der Waals surface area contributed by atoms with E-state index in [-0.39, 0.29) is 16.7 Å². The molecule has 1 aliphatic rings. The van der Waals surface area contributed by atoms with Crippen molar-refractivity contribution in [2.24, 2.45) is 5.73 Å². The summed E-state index contributed by atoms with van der Waals surface area (Å²) in [6.45, 7) is 3.27. The van der Waals surface area contributed by atoms with Crippen LogP contribution in [0, 0.1) is 0 Å². The summed E-state index contributed by atoms with van der Waals surface area (Å²) in [7, 11) is 0. The van der Waals surface area contributed by atoms with Gasteiger partial charge in [0.2, 0.25) is 11.8 Å². The number of carbonyl (C=O) groups is 3. The molecule has 6 nitrogen and oxygen atoms in total. The number of primary amides is 1. The van der Waals surface area contributed by atoms with E-state index in [9.17, 15) is 14.4 Å². The first-order chi connectivity index (χ1) is 9.32. The zero-order valence-corrected chi connectivity index (χ0v) is 11.8. The zero-order chi connectivity index (χ0) is 15.0. The quantitative estimate of drug-likeness (QED) is 0.869. The molecule has 2 unspecified atom stereocenters. The summed E-state index contributed by atoms with van der Waals surface area (Å²) in [6.07, 6.45) is 0. The van der Waals surface area contributed by atoms with Crippen molar-refractivity contribution in [2.45, 2.75) is 30.0 Å². The van der Waals surface area contributed by atoms with Gasteiger partial charge in [-0.05, 0) is 32.0 Å². The third kappa shape index (κ3) is 2.36. The zero-order valence-electron chi connectivity index (χ0n) is 11.0. The molecule has 20 heavy (non-hydrogen) atoms. The van der Waals surface area contributed by atoms with Gasteiger partial charge in [-0.2, -0.15) is 0 Å². The minimum absolute atomic E-state index is 0.0633. The van der Waals surface area contributed by atoms with E-state index >= 15 is 0 Å². The van der Waals surface area contributed by atoms with Crippen molar-refractivity contribution in [1.82, 2.24) is 0 Å². The highest BCUT2D eigenvalue weighted by Crippen LogP contribution is 2.40. The van der Waals surface area contributed by atoms with Gasteiger partial charge in [0.1, 0.15) is 6.04 Å². The molecule has 1 aromatic rings. The Balaban J connectivity index is 2.57. The molecule has 0 aromatic heterocycles. The molecule has 3 N–H and O–H groups in total. The van der Waals surface area contributed by atoms with Crippen molar-refractivity contribution in [3.8, 4) is 0 Å². The topological polar surface area (TPSA) is 101 Å². The van der Waals surface area contributed by atoms with Gasteiger partial charge in [0.15, 0.2) is 0 Å². The second kappa shape index (κ2) is 5.16. The number of carbonyl (C=O) groups excluding carboxylic acids is 2. The van der Waals surface area contributed by atoms with Crippen LogP contribution in [-0.2, 0) is 9.59 Å². The highest BCUT2D eigenvalue weighted by molar-refractivity contribution is 8.01. The van der Waals surface area contributed by atoms with Crippen molar-refractivity contribution in [2.75, 3.05) is 4.90 Å². The molecule has 2 rings (SSSR count). The fraction of sp³-hybridized carbons (Fsp3) is 0.308. The number of carboxylic acids is 1. The van der Waals surface area contributed by atoms with Crippen molar-refractivity contribution >= 4 is 35.2 Å². The Hall–Kier alpha value is -2.02. The molecule has 0 bridgehead atoms. The van der Waals surface area contributed by atoms with Crippen LogP contribution in [0.2, 0.25) is 0 Å². The Morgan fingerprint density at radius 1 is 1.45 bits per heavy atom. The van der Waals surface area contributed by atoms with Gasteiger partial charge in [-0.3, -0.25) is 14.5 Å². The summed E-state index contributed by atoms with van der Waals surface area (Å²) in [5.41, 5.74) is 5.76. The van der Waals surface area contributed by atoms with E-state index in [1.807, 2.05) is 0 Å². The molecule has 0 spiro atoms. The number of benzene rings is 1. The monoisotopic (exact) mass is 294 g/mol. The Labute approximate surface area is 119 Å². The van der Waals surface area contributed by atoms with E-state index in [4.69, 9.17) is 10.8 Å². The highest BCUT2D eigenvalue weighted by atomic mass is 32.2. The first-order valence-corrected chi connectivity index (χ1v) is 6.87. The first kappa shape index (κ1) is 14.4. The molecular weight excluding hydrogens is 280 g/mol. The lowest BCUT2D eigenvalue weighted by molar-refractivity contribution is -0.124. The van der Waals surface area contributed by atoms with Crippen LogP contribution in [-0.4, -0.2) is 34.2 Å². The molecule has 2 amide bonds. The van der Waals surface area contributed by atoms with Crippen molar-refractivity contribution < 1.29 is 19.5 Å². The maximum Gasteiger partial charge on any atom is 0.335 e. The summed E-state index contributed by atoms with van der Waals surface area (Å²) < 4.78 is 0. The second-order valence-corrected chi connectivity index (χ2v) is 5.92. The smallest absolute Gasteiger partial charge is 0.335 e. The van der Waals surface area contributed by atoms with Gasteiger partial charge in [-0.25, -0.2) is 4.79 Å². The maximum absolute atomic E-state index is 12.3. The standard InChI is InChI=1S/C13H14N2O4S/c1-6(11(14)16)15-9-5-8(13(18)19)3-4-10(9)20-7(2)12(15)17/h3-7H,1-2H3,(H2,14,16)(H,18,19). The first-order valence-electron chi connectivity index (χ1n) is 5.99. The summed E-state index contributed by atoms with van der Waals surface area (Å²) in [5, 5.41) is 8.69. The fourth-order valence-corrected chi connectivity index (χ4v) is 3.04. The van der Waals surface area contributed by atoms with Gasteiger partial charge in [0.05, 0.1) is 16.5 Å². The van der Waals surface area contributed by atoms with Gasteiger partial charge >= 0.3 is 5.97 Å². The molecule has 1 heterocycles. The molecule has 0 fully saturated rings. The molecule has 0 saturated carbocycles. The summed E-state index contributed by atoms with van der Waals surface area (Å²) in [5.74, 6) is -1.98. The third-order valence-electron chi connectivity index (χ3n) is 3.15. The molecule has 0 radical (unpaired) electrons. The second-order valence-electron chi connectivity index (χ2n) is 4.53. The third-order valence-corrected chi connectivity index (χ3v) is 4.31. The van der Waals surface area contributed by atoms with Crippen LogP contribution in [0.1, 0.15) is 24.2 Å². The number of anilines is 1. The van der Waals surface area contributed by atoms with Crippen molar-refractivity contribution in [3.05, 3.63) is 23.8 Å². The number of amides is 2. The maximum atomic E-state index is 12.3. The summed E-state index contributed by atoms with van der Waals surface area (Å²) in [6, 6.07) is 3.69. The van der Waals surface area contributed by atoms with Gasteiger partial charge in [0, 0.05) is 4.90 Å². The number of hydrogen-bond donors (Lipinski definition) is 2. The molecule has 2 atom stereocenters. The average Bonchev–Trinajstić information content (AvgIpc) is 2.38. The van der Waals surface area contributed by atoms with Gasteiger partial charge in [-0.1, -0.05) is 0 Å². The Morgan fingerprint density at radius 3 is 2.65 bits per heavy atom. The molecule has 0 saturated heterocycles. The average molecular weight is 294 g/mol. The van der Waals surface area contributed by atoms with Crippen LogP contribution < -0.4 is 10.6 Å². The van der Waals surface area contributed by atoms with Gasteiger partial charge in [-0.15, -0.1) is 11.8 Å². The lowest BCUT2D eigenvalue weighted by atomic mass is 10.1. The summed E-state index contributed by atoms with van der Waals surface area (Å²) >= 11 is 1.34. The van der Waals surface area contributed by atoms with E-state index in [1.54, 1.807) is 13.0 Å². The summed E-state index contributed by atoms with van der Waals surface area (Å²) in [4.78, 5) is 36.7. The van der Waals surface area contributed by atoms with E-state index in [0.29, 0.717) is 5.69 Å². The van der Waals surface area contributed by atoms with Crippen LogP contribution in [0.25, 0.3) is 0 Å². The number of nitrogens with zero attached hydrogens (tertiary/aromatic N) is 1. The number of rotatable bonds is 3. The number of carboxylic acid groups (broad SMARTS) is 1. The van der Waals surface area contributed by atoms with Crippen LogP contribution in [0.3, 0.4) is 0 Å². The van der Waals surface area contributed by atoms with Crippen LogP contribution in [0.15, 0.2) is 23.1 Å². The molecule has 1 aliphatic heterocycles. The molecular formula is C13H14N2O4S.